The molecule has 1 aromatic rings. The third kappa shape index (κ3) is 6.14. The van der Waals surface area contributed by atoms with Crippen molar-refractivity contribution in [2.45, 2.75) is 52.7 Å². The van der Waals surface area contributed by atoms with Gasteiger partial charge in [0.25, 0.3) is 0 Å². The van der Waals surface area contributed by atoms with E-state index < -0.39 is 6.04 Å². The zero-order chi connectivity index (χ0) is 17.3. The average molecular weight is 390 g/mol. The zero-order valence-electron chi connectivity index (χ0n) is 16.0. The van der Waals surface area contributed by atoms with Crippen molar-refractivity contribution in [2.24, 2.45) is 11.1 Å². The fraction of sp³-hybridized carbons (Fsp3) is 0.632. The number of rotatable bonds is 3. The Morgan fingerprint density at radius 1 is 1.16 bits per heavy atom. The number of amides is 1. The monoisotopic (exact) mass is 389 g/mol. The maximum absolute atomic E-state index is 12.7. The van der Waals surface area contributed by atoms with Crippen molar-refractivity contribution in [3.8, 4) is 0 Å². The van der Waals surface area contributed by atoms with Crippen LogP contribution in [0, 0.1) is 5.41 Å². The number of halogens is 2. The molecular weight excluding hydrogens is 357 g/mol. The second kappa shape index (κ2) is 9.22. The molecule has 4 nitrogen and oxygen atoms in total. The molecule has 0 aromatic heterocycles. The van der Waals surface area contributed by atoms with Crippen LogP contribution in [0.15, 0.2) is 30.3 Å². The molecule has 0 radical (unpaired) electrons. The molecule has 1 heterocycles. The number of hydrogen-bond donors (Lipinski definition) is 1. The Kier molecular flexibility index (Phi) is 8.92. The van der Waals surface area contributed by atoms with E-state index in [-0.39, 0.29) is 41.7 Å². The molecule has 1 atom stereocenters. The van der Waals surface area contributed by atoms with Gasteiger partial charge in [-0.2, -0.15) is 0 Å². The van der Waals surface area contributed by atoms with E-state index in [1.807, 2.05) is 31.7 Å². The molecule has 0 aliphatic carbocycles. The van der Waals surface area contributed by atoms with E-state index in [2.05, 4.69) is 43.0 Å². The van der Waals surface area contributed by atoms with E-state index in [9.17, 15) is 4.79 Å². The summed E-state index contributed by atoms with van der Waals surface area (Å²) in [6.45, 7) is 13.7. The van der Waals surface area contributed by atoms with Gasteiger partial charge in [-0.05, 0) is 24.8 Å². The van der Waals surface area contributed by atoms with Crippen molar-refractivity contribution >= 4 is 30.7 Å². The fourth-order valence-corrected chi connectivity index (χ4v) is 3.04. The smallest absolute Gasteiger partial charge is 0.240 e. The van der Waals surface area contributed by atoms with Gasteiger partial charge in [0.2, 0.25) is 5.91 Å². The normalized spacial score (nSPS) is 18.7. The van der Waals surface area contributed by atoms with Gasteiger partial charge in [0, 0.05) is 31.7 Å². The lowest BCUT2D eigenvalue weighted by atomic mass is 9.86. The summed E-state index contributed by atoms with van der Waals surface area (Å²) < 4.78 is 0. The van der Waals surface area contributed by atoms with Crippen LogP contribution < -0.4 is 5.73 Å². The molecular formula is C19H33Cl2N3O. The van der Waals surface area contributed by atoms with Gasteiger partial charge in [0.05, 0.1) is 6.04 Å². The van der Waals surface area contributed by atoms with E-state index in [0.717, 1.165) is 26.2 Å². The molecule has 0 unspecified atom stereocenters. The van der Waals surface area contributed by atoms with E-state index in [0.29, 0.717) is 0 Å². The summed E-state index contributed by atoms with van der Waals surface area (Å²) in [6.07, 6.45) is 0. The fourth-order valence-electron chi connectivity index (χ4n) is 3.04. The Hall–Kier alpha value is -0.810. The van der Waals surface area contributed by atoms with Gasteiger partial charge in [-0.3, -0.25) is 9.69 Å². The molecule has 1 amide bonds. The first-order valence-electron chi connectivity index (χ1n) is 8.44. The van der Waals surface area contributed by atoms with Crippen LogP contribution in [0.2, 0.25) is 0 Å². The Morgan fingerprint density at radius 2 is 1.72 bits per heavy atom. The lowest BCUT2D eigenvalue weighted by Gasteiger charge is -2.48. The third-order valence-electron chi connectivity index (χ3n) is 4.80. The highest BCUT2D eigenvalue weighted by Gasteiger charge is 2.39. The Balaban J connectivity index is 0.00000288. The number of benzene rings is 1. The van der Waals surface area contributed by atoms with E-state index in [1.165, 1.54) is 5.56 Å². The molecule has 1 aliphatic rings. The van der Waals surface area contributed by atoms with Crippen LogP contribution in [0.4, 0.5) is 0 Å². The van der Waals surface area contributed by atoms with Gasteiger partial charge < -0.3 is 10.6 Å². The summed E-state index contributed by atoms with van der Waals surface area (Å²) in [5.41, 5.74) is 7.22. The van der Waals surface area contributed by atoms with Crippen molar-refractivity contribution in [2.75, 3.05) is 19.6 Å². The summed E-state index contributed by atoms with van der Waals surface area (Å²) in [7, 11) is 0. The SMILES string of the molecule is CC(C)(C)[C@H](N)C(=O)N1CCN(Cc2ccccc2)C(C)(C)C1.Cl.Cl. The minimum Gasteiger partial charge on any atom is -0.338 e. The molecule has 1 fully saturated rings. The van der Waals surface area contributed by atoms with Crippen LogP contribution in [0.3, 0.4) is 0 Å². The first-order valence-corrected chi connectivity index (χ1v) is 8.44. The van der Waals surface area contributed by atoms with E-state index >= 15 is 0 Å². The summed E-state index contributed by atoms with van der Waals surface area (Å²) >= 11 is 0. The minimum atomic E-state index is -0.445. The van der Waals surface area contributed by atoms with Crippen molar-refractivity contribution < 1.29 is 4.79 Å². The first-order chi connectivity index (χ1) is 10.6. The van der Waals surface area contributed by atoms with Crippen LogP contribution in [-0.4, -0.2) is 46.9 Å². The minimum absolute atomic E-state index is 0. The van der Waals surface area contributed by atoms with Gasteiger partial charge in [0.15, 0.2) is 0 Å². The number of nitrogens with two attached hydrogens (primary N) is 1. The lowest BCUT2D eigenvalue weighted by Crippen LogP contribution is -2.63. The molecule has 0 saturated carbocycles. The lowest BCUT2D eigenvalue weighted by molar-refractivity contribution is -0.140. The Morgan fingerprint density at radius 3 is 2.20 bits per heavy atom. The van der Waals surface area contributed by atoms with Crippen LogP contribution in [0.25, 0.3) is 0 Å². The highest BCUT2D eigenvalue weighted by atomic mass is 35.5. The molecule has 1 aliphatic heterocycles. The maximum atomic E-state index is 12.7. The molecule has 25 heavy (non-hydrogen) atoms. The third-order valence-corrected chi connectivity index (χ3v) is 4.80. The Labute approximate surface area is 164 Å². The standard InChI is InChI=1S/C19H31N3O.2ClH/c1-18(2,3)16(20)17(23)21-11-12-22(19(4,5)14-21)13-15-9-7-6-8-10-15;;/h6-10,16H,11-14,20H2,1-5H3;2*1H/t16-;;/m1../s1. The van der Waals surface area contributed by atoms with Gasteiger partial charge >= 0.3 is 0 Å². The molecule has 2 rings (SSSR count). The van der Waals surface area contributed by atoms with Gasteiger partial charge in [-0.1, -0.05) is 51.1 Å². The van der Waals surface area contributed by atoms with E-state index in [1.54, 1.807) is 0 Å². The number of nitrogens with zero attached hydrogens (tertiary/aromatic N) is 2. The molecule has 1 saturated heterocycles. The second-order valence-electron chi connectivity index (χ2n) is 8.32. The topological polar surface area (TPSA) is 49.6 Å². The van der Waals surface area contributed by atoms with E-state index in [4.69, 9.17) is 5.73 Å². The highest BCUT2D eigenvalue weighted by molar-refractivity contribution is 5.85. The van der Waals surface area contributed by atoms with Crippen LogP contribution >= 0.6 is 24.8 Å². The summed E-state index contributed by atoms with van der Waals surface area (Å²) in [6, 6.07) is 10.1. The van der Waals surface area contributed by atoms with Crippen molar-refractivity contribution in [1.82, 2.24) is 9.80 Å². The molecule has 0 bridgehead atoms. The number of piperazine rings is 1. The number of carbonyl (C=O) groups excluding carboxylic acids is 1. The molecule has 2 N–H and O–H groups in total. The number of hydrogen-bond acceptors (Lipinski definition) is 3. The van der Waals surface area contributed by atoms with Crippen LogP contribution in [0.5, 0.6) is 0 Å². The summed E-state index contributed by atoms with van der Waals surface area (Å²) in [5.74, 6) is 0.0740. The highest BCUT2D eigenvalue weighted by Crippen LogP contribution is 2.26. The predicted octanol–water partition coefficient (Wildman–Crippen LogP) is 3.33. The molecule has 6 heteroatoms. The van der Waals surface area contributed by atoms with Gasteiger partial charge in [-0.15, -0.1) is 24.8 Å². The number of carbonyl (C=O) groups is 1. The summed E-state index contributed by atoms with van der Waals surface area (Å²) in [4.78, 5) is 17.1. The average Bonchev–Trinajstić information content (AvgIpc) is 2.47. The van der Waals surface area contributed by atoms with Crippen molar-refractivity contribution in [1.29, 1.82) is 0 Å². The Bertz CT molecular complexity index is 543. The van der Waals surface area contributed by atoms with Crippen molar-refractivity contribution in [3.05, 3.63) is 35.9 Å². The quantitative estimate of drug-likeness (QED) is 0.862. The molecule has 144 valence electrons. The van der Waals surface area contributed by atoms with Gasteiger partial charge in [-0.25, -0.2) is 0 Å². The summed E-state index contributed by atoms with van der Waals surface area (Å²) in [5, 5.41) is 0. The first kappa shape index (κ1) is 24.2. The maximum Gasteiger partial charge on any atom is 0.240 e. The van der Waals surface area contributed by atoms with Crippen LogP contribution in [-0.2, 0) is 11.3 Å². The molecule has 1 aromatic carbocycles. The van der Waals surface area contributed by atoms with Crippen LogP contribution in [0.1, 0.15) is 40.2 Å². The second-order valence-corrected chi connectivity index (χ2v) is 8.32. The predicted molar refractivity (Wildman–Crippen MR) is 109 cm³/mol. The van der Waals surface area contributed by atoms with Crippen molar-refractivity contribution in [3.63, 3.8) is 0 Å². The molecule has 0 spiro atoms. The van der Waals surface area contributed by atoms with Gasteiger partial charge in [0.1, 0.15) is 0 Å². The largest absolute Gasteiger partial charge is 0.338 e. The zero-order valence-corrected chi connectivity index (χ0v) is 17.6.